The summed E-state index contributed by atoms with van der Waals surface area (Å²) < 4.78 is 0. The van der Waals surface area contributed by atoms with Crippen molar-refractivity contribution in [1.29, 1.82) is 0 Å². The summed E-state index contributed by atoms with van der Waals surface area (Å²) >= 11 is 0. The molecule has 1 rings (SSSR count). The van der Waals surface area contributed by atoms with E-state index in [2.05, 4.69) is 5.10 Å². The molecule has 0 bridgehead atoms. The van der Waals surface area contributed by atoms with Crippen molar-refractivity contribution in [3.05, 3.63) is 30.3 Å². The summed E-state index contributed by atoms with van der Waals surface area (Å²) in [5.41, 5.74) is 1.08. The molecule has 0 fully saturated rings. The third kappa shape index (κ3) is 4.61. The Balaban J connectivity index is 2.32. The van der Waals surface area contributed by atoms with Crippen molar-refractivity contribution in [2.24, 2.45) is 5.10 Å². The fourth-order valence-electron chi connectivity index (χ4n) is 1.24. The average Bonchev–Trinajstić information content (AvgIpc) is 2.30. The van der Waals surface area contributed by atoms with Gasteiger partial charge >= 0.3 is 0 Å². The first-order chi connectivity index (χ1) is 7.34. The Hall–Kier alpha value is -1.35. The summed E-state index contributed by atoms with van der Waals surface area (Å²) in [5.74, 6) is 0. The van der Waals surface area contributed by atoms with Gasteiger partial charge in [-0.1, -0.05) is 18.2 Å². The van der Waals surface area contributed by atoms with Crippen molar-refractivity contribution in [3.63, 3.8) is 0 Å². The van der Waals surface area contributed by atoms with Gasteiger partial charge in [-0.3, -0.25) is 5.01 Å². The minimum absolute atomic E-state index is 0.266. The second kappa shape index (κ2) is 7.01. The second-order valence-electron chi connectivity index (χ2n) is 3.38. The Bertz CT molecular complexity index is 285. The van der Waals surface area contributed by atoms with Crippen molar-refractivity contribution in [3.8, 4) is 0 Å². The second-order valence-corrected chi connectivity index (χ2v) is 3.38. The van der Waals surface area contributed by atoms with Gasteiger partial charge in [0.15, 0.2) is 0 Å². The van der Waals surface area contributed by atoms with E-state index in [1.165, 1.54) is 0 Å². The average molecular weight is 206 g/mol. The van der Waals surface area contributed by atoms with Crippen LogP contribution >= 0.6 is 0 Å². The summed E-state index contributed by atoms with van der Waals surface area (Å²) in [6, 6.07) is 10.0. The molecule has 0 aliphatic carbocycles. The van der Waals surface area contributed by atoms with E-state index in [1.54, 1.807) is 0 Å². The van der Waals surface area contributed by atoms with Crippen LogP contribution in [0.15, 0.2) is 35.4 Å². The predicted octanol–water partition coefficient (Wildman–Crippen LogP) is 2.27. The first-order valence-electron chi connectivity index (χ1n) is 5.26. The van der Waals surface area contributed by atoms with Crippen LogP contribution in [0.25, 0.3) is 0 Å². The number of hydrogen-bond acceptors (Lipinski definition) is 3. The van der Waals surface area contributed by atoms with Crippen LogP contribution in [0.2, 0.25) is 0 Å². The number of aliphatic hydroxyl groups excluding tert-OH is 1. The molecule has 0 aliphatic rings. The topological polar surface area (TPSA) is 35.8 Å². The lowest BCUT2D eigenvalue weighted by atomic mass is 10.2. The van der Waals surface area contributed by atoms with E-state index in [0.717, 1.165) is 24.9 Å². The van der Waals surface area contributed by atoms with Gasteiger partial charge in [-0.15, -0.1) is 0 Å². The molecule has 0 amide bonds. The van der Waals surface area contributed by atoms with Crippen molar-refractivity contribution in [1.82, 2.24) is 0 Å². The SMILES string of the molecule is CN(/N=C\CCCCO)c1ccccc1. The maximum Gasteiger partial charge on any atom is 0.0590 e. The zero-order valence-electron chi connectivity index (χ0n) is 9.13. The lowest BCUT2D eigenvalue weighted by Crippen LogP contribution is -2.08. The molecular formula is C12H18N2O. The summed E-state index contributed by atoms with van der Waals surface area (Å²) in [6.07, 6.45) is 4.64. The molecule has 0 saturated carbocycles. The minimum Gasteiger partial charge on any atom is -0.396 e. The van der Waals surface area contributed by atoms with Gasteiger partial charge in [0.1, 0.15) is 0 Å². The predicted molar refractivity (Wildman–Crippen MR) is 64.3 cm³/mol. The third-order valence-corrected chi connectivity index (χ3v) is 2.13. The molecule has 0 heterocycles. The molecule has 3 nitrogen and oxygen atoms in total. The Labute approximate surface area is 91.0 Å². The summed E-state index contributed by atoms with van der Waals surface area (Å²) in [5, 5.41) is 14.7. The molecule has 0 radical (unpaired) electrons. The van der Waals surface area contributed by atoms with Crippen molar-refractivity contribution in [2.75, 3.05) is 18.7 Å². The highest BCUT2D eigenvalue weighted by Crippen LogP contribution is 2.10. The van der Waals surface area contributed by atoms with Gasteiger partial charge in [0.25, 0.3) is 0 Å². The standard InChI is InChI=1S/C12H18N2O/c1-14(12-8-4-2-5-9-12)13-10-6-3-7-11-15/h2,4-5,8-10,15H,3,6-7,11H2,1H3/b13-10-. The van der Waals surface area contributed by atoms with E-state index < -0.39 is 0 Å². The Morgan fingerprint density at radius 2 is 2.00 bits per heavy atom. The fourth-order valence-corrected chi connectivity index (χ4v) is 1.24. The molecule has 0 spiro atoms. The van der Waals surface area contributed by atoms with E-state index in [9.17, 15) is 0 Å². The van der Waals surface area contributed by atoms with E-state index >= 15 is 0 Å². The number of benzene rings is 1. The minimum atomic E-state index is 0.266. The molecule has 1 N–H and O–H groups in total. The molecule has 1 aromatic rings. The van der Waals surface area contributed by atoms with Crippen LogP contribution in [-0.4, -0.2) is 25.0 Å². The monoisotopic (exact) mass is 206 g/mol. The Kier molecular flexibility index (Phi) is 5.48. The number of anilines is 1. The van der Waals surface area contributed by atoms with Crippen LogP contribution in [0.4, 0.5) is 5.69 Å². The van der Waals surface area contributed by atoms with Gasteiger partial charge < -0.3 is 5.11 Å². The largest absolute Gasteiger partial charge is 0.396 e. The zero-order chi connectivity index (χ0) is 10.9. The highest BCUT2D eigenvalue weighted by atomic mass is 16.2. The summed E-state index contributed by atoms with van der Waals surface area (Å²) in [6.45, 7) is 0.266. The van der Waals surface area contributed by atoms with Crippen LogP contribution < -0.4 is 5.01 Å². The highest BCUT2D eigenvalue weighted by molar-refractivity contribution is 5.60. The zero-order valence-corrected chi connectivity index (χ0v) is 9.13. The van der Waals surface area contributed by atoms with Gasteiger partial charge in [-0.2, -0.15) is 5.10 Å². The molecule has 0 saturated heterocycles. The first-order valence-corrected chi connectivity index (χ1v) is 5.26. The summed E-state index contributed by atoms with van der Waals surface area (Å²) in [7, 11) is 1.93. The lowest BCUT2D eigenvalue weighted by molar-refractivity contribution is 0.286. The molecular weight excluding hydrogens is 188 g/mol. The first kappa shape index (κ1) is 11.7. The number of hydrazone groups is 1. The molecule has 0 aliphatic heterocycles. The molecule has 0 aromatic heterocycles. The summed E-state index contributed by atoms with van der Waals surface area (Å²) in [4.78, 5) is 0. The maximum absolute atomic E-state index is 8.60. The number of aliphatic hydroxyl groups is 1. The van der Waals surface area contributed by atoms with Crippen LogP contribution in [0.5, 0.6) is 0 Å². The maximum atomic E-state index is 8.60. The molecule has 0 unspecified atom stereocenters. The van der Waals surface area contributed by atoms with Crippen molar-refractivity contribution in [2.45, 2.75) is 19.3 Å². The molecule has 82 valence electrons. The quantitative estimate of drug-likeness (QED) is 0.440. The third-order valence-electron chi connectivity index (χ3n) is 2.13. The lowest BCUT2D eigenvalue weighted by Gasteiger charge is -2.11. The Morgan fingerprint density at radius 3 is 2.67 bits per heavy atom. The number of rotatable bonds is 6. The molecule has 15 heavy (non-hydrogen) atoms. The fraction of sp³-hybridized carbons (Fsp3) is 0.417. The number of unbranched alkanes of at least 4 members (excludes halogenated alkanes) is 2. The molecule has 0 atom stereocenters. The van der Waals surface area contributed by atoms with Gasteiger partial charge in [-0.05, 0) is 31.4 Å². The number of nitrogens with zero attached hydrogens (tertiary/aromatic N) is 2. The van der Waals surface area contributed by atoms with Crippen molar-refractivity contribution >= 4 is 11.9 Å². The van der Waals surface area contributed by atoms with Crippen LogP contribution in [0.1, 0.15) is 19.3 Å². The smallest absolute Gasteiger partial charge is 0.0590 e. The van der Waals surface area contributed by atoms with Crippen LogP contribution in [0.3, 0.4) is 0 Å². The van der Waals surface area contributed by atoms with E-state index in [1.807, 2.05) is 48.6 Å². The van der Waals surface area contributed by atoms with Crippen LogP contribution in [-0.2, 0) is 0 Å². The number of para-hydroxylation sites is 1. The van der Waals surface area contributed by atoms with Gasteiger partial charge in [0, 0.05) is 19.9 Å². The van der Waals surface area contributed by atoms with Crippen molar-refractivity contribution < 1.29 is 5.11 Å². The highest BCUT2D eigenvalue weighted by Gasteiger charge is 1.94. The van der Waals surface area contributed by atoms with E-state index in [-0.39, 0.29) is 6.61 Å². The van der Waals surface area contributed by atoms with E-state index in [0.29, 0.717) is 0 Å². The number of hydrogen-bond donors (Lipinski definition) is 1. The van der Waals surface area contributed by atoms with Gasteiger partial charge in [0.2, 0.25) is 0 Å². The molecule has 1 aromatic carbocycles. The van der Waals surface area contributed by atoms with Gasteiger partial charge in [-0.25, -0.2) is 0 Å². The normalized spacial score (nSPS) is 10.8. The van der Waals surface area contributed by atoms with Gasteiger partial charge in [0.05, 0.1) is 5.69 Å². The Morgan fingerprint density at radius 1 is 1.27 bits per heavy atom. The molecule has 3 heteroatoms. The van der Waals surface area contributed by atoms with Crippen LogP contribution in [0, 0.1) is 0 Å². The van der Waals surface area contributed by atoms with E-state index in [4.69, 9.17) is 5.11 Å².